The molecule has 1 saturated heterocycles. The molecule has 2 aliphatic carbocycles. The summed E-state index contributed by atoms with van der Waals surface area (Å²) in [6.07, 6.45) is 12.6. The molecule has 1 aromatic rings. The SMILES string of the molecule is O=C(CC1CCCC1)N1CCc2c(ncnc2N2CCN(C3CCC3)CC2)C1. The lowest BCUT2D eigenvalue weighted by atomic mass is 9.91. The standard InChI is InChI=1S/C22H33N5O/c28-21(14-17-4-1-2-5-17)27-9-8-19-20(15-27)23-16-24-22(19)26-12-10-25(11-13-26)18-6-3-7-18/h16-18H,1-15H2. The maximum absolute atomic E-state index is 12.8. The van der Waals surface area contributed by atoms with Crippen molar-refractivity contribution in [3.63, 3.8) is 0 Å². The van der Waals surface area contributed by atoms with Crippen LogP contribution in [0, 0.1) is 5.92 Å². The minimum Gasteiger partial charge on any atom is -0.354 e. The highest BCUT2D eigenvalue weighted by Gasteiger charge is 2.31. The molecular formula is C22H33N5O. The van der Waals surface area contributed by atoms with Crippen LogP contribution in [0.3, 0.4) is 0 Å². The van der Waals surface area contributed by atoms with E-state index >= 15 is 0 Å². The number of hydrogen-bond donors (Lipinski definition) is 0. The van der Waals surface area contributed by atoms with Crippen LogP contribution in [-0.2, 0) is 17.8 Å². The zero-order valence-corrected chi connectivity index (χ0v) is 17.0. The molecule has 3 fully saturated rings. The largest absolute Gasteiger partial charge is 0.354 e. The second-order valence-electron chi connectivity index (χ2n) is 9.15. The molecule has 2 aliphatic heterocycles. The highest BCUT2D eigenvalue weighted by atomic mass is 16.2. The number of carbonyl (C=O) groups is 1. The quantitative estimate of drug-likeness (QED) is 0.800. The predicted molar refractivity (Wildman–Crippen MR) is 109 cm³/mol. The molecule has 6 nitrogen and oxygen atoms in total. The number of hydrogen-bond acceptors (Lipinski definition) is 5. The number of piperazine rings is 1. The Morgan fingerprint density at radius 2 is 1.75 bits per heavy atom. The van der Waals surface area contributed by atoms with E-state index in [2.05, 4.69) is 19.8 Å². The molecule has 0 unspecified atom stereocenters. The van der Waals surface area contributed by atoms with E-state index < -0.39 is 0 Å². The molecule has 0 aromatic carbocycles. The first kappa shape index (κ1) is 18.3. The van der Waals surface area contributed by atoms with Crippen LogP contribution >= 0.6 is 0 Å². The summed E-state index contributed by atoms with van der Waals surface area (Å²) in [5.41, 5.74) is 2.35. The Kier molecular flexibility index (Phi) is 5.22. The molecule has 0 radical (unpaired) electrons. The molecule has 28 heavy (non-hydrogen) atoms. The summed E-state index contributed by atoms with van der Waals surface area (Å²) in [5.74, 6) is 2.06. The summed E-state index contributed by atoms with van der Waals surface area (Å²) < 4.78 is 0. The first-order chi connectivity index (χ1) is 13.8. The summed E-state index contributed by atoms with van der Waals surface area (Å²) in [7, 11) is 0. The van der Waals surface area contributed by atoms with Crippen molar-refractivity contribution in [2.24, 2.45) is 5.92 Å². The van der Waals surface area contributed by atoms with Crippen LogP contribution in [0.1, 0.15) is 62.6 Å². The average Bonchev–Trinajstić information content (AvgIpc) is 3.19. The van der Waals surface area contributed by atoms with Gasteiger partial charge in [0, 0.05) is 50.7 Å². The first-order valence-corrected chi connectivity index (χ1v) is 11.4. The second-order valence-corrected chi connectivity index (χ2v) is 9.15. The molecule has 152 valence electrons. The van der Waals surface area contributed by atoms with Crippen molar-refractivity contribution in [3.05, 3.63) is 17.6 Å². The fraction of sp³-hybridized carbons (Fsp3) is 0.773. The van der Waals surface area contributed by atoms with E-state index in [4.69, 9.17) is 0 Å². The van der Waals surface area contributed by atoms with Crippen molar-refractivity contribution < 1.29 is 4.79 Å². The lowest BCUT2D eigenvalue weighted by Gasteiger charge is -2.43. The molecule has 0 bridgehead atoms. The van der Waals surface area contributed by atoms with Gasteiger partial charge in [-0.15, -0.1) is 0 Å². The minimum absolute atomic E-state index is 0.326. The predicted octanol–water partition coefficient (Wildman–Crippen LogP) is 2.62. The summed E-state index contributed by atoms with van der Waals surface area (Å²) in [5, 5.41) is 0. The number of amides is 1. The van der Waals surface area contributed by atoms with Crippen LogP contribution in [0.4, 0.5) is 5.82 Å². The van der Waals surface area contributed by atoms with Crippen LogP contribution in [0.2, 0.25) is 0 Å². The van der Waals surface area contributed by atoms with Gasteiger partial charge in [0.1, 0.15) is 12.1 Å². The van der Waals surface area contributed by atoms with E-state index in [0.717, 1.165) is 63.1 Å². The van der Waals surface area contributed by atoms with E-state index in [1.54, 1.807) is 6.33 Å². The third kappa shape index (κ3) is 3.63. The van der Waals surface area contributed by atoms with Crippen molar-refractivity contribution >= 4 is 11.7 Å². The van der Waals surface area contributed by atoms with Crippen LogP contribution in [0.15, 0.2) is 6.33 Å². The van der Waals surface area contributed by atoms with Gasteiger partial charge in [0.05, 0.1) is 12.2 Å². The molecule has 2 saturated carbocycles. The van der Waals surface area contributed by atoms with Crippen LogP contribution in [0.25, 0.3) is 0 Å². The van der Waals surface area contributed by atoms with Gasteiger partial charge in [0.15, 0.2) is 0 Å². The molecule has 3 heterocycles. The molecule has 0 N–H and O–H groups in total. The number of carbonyl (C=O) groups excluding carboxylic acids is 1. The third-order valence-electron chi connectivity index (χ3n) is 7.48. The number of rotatable bonds is 4. The Morgan fingerprint density at radius 1 is 0.964 bits per heavy atom. The molecule has 6 heteroatoms. The molecule has 1 amide bonds. The Balaban J connectivity index is 1.23. The molecule has 4 aliphatic rings. The molecule has 5 rings (SSSR count). The van der Waals surface area contributed by atoms with E-state index in [1.165, 1.54) is 50.5 Å². The summed E-state index contributed by atoms with van der Waals surface area (Å²) >= 11 is 0. The van der Waals surface area contributed by atoms with Crippen LogP contribution in [-0.4, -0.2) is 64.4 Å². The van der Waals surface area contributed by atoms with E-state index in [1.807, 2.05) is 4.90 Å². The van der Waals surface area contributed by atoms with Crippen molar-refractivity contribution in [1.82, 2.24) is 19.8 Å². The minimum atomic E-state index is 0.326. The van der Waals surface area contributed by atoms with Gasteiger partial charge in [-0.05, 0) is 38.0 Å². The monoisotopic (exact) mass is 383 g/mol. The highest BCUT2D eigenvalue weighted by Crippen LogP contribution is 2.31. The fourth-order valence-corrected chi connectivity index (χ4v) is 5.46. The lowest BCUT2D eigenvalue weighted by Crippen LogP contribution is -2.52. The van der Waals surface area contributed by atoms with Gasteiger partial charge in [0.2, 0.25) is 5.91 Å². The van der Waals surface area contributed by atoms with Gasteiger partial charge in [-0.1, -0.05) is 19.3 Å². The summed E-state index contributed by atoms with van der Waals surface area (Å²) in [6, 6.07) is 0.834. The average molecular weight is 384 g/mol. The Hall–Kier alpha value is -1.69. The highest BCUT2D eigenvalue weighted by molar-refractivity contribution is 5.77. The van der Waals surface area contributed by atoms with Crippen molar-refractivity contribution in [2.75, 3.05) is 37.6 Å². The Bertz CT molecular complexity index is 705. The van der Waals surface area contributed by atoms with Crippen molar-refractivity contribution in [3.8, 4) is 0 Å². The van der Waals surface area contributed by atoms with Crippen molar-refractivity contribution in [1.29, 1.82) is 0 Å². The van der Waals surface area contributed by atoms with Crippen LogP contribution < -0.4 is 4.90 Å². The second kappa shape index (κ2) is 7.97. The third-order valence-corrected chi connectivity index (χ3v) is 7.48. The topological polar surface area (TPSA) is 52.6 Å². The van der Waals surface area contributed by atoms with Crippen LogP contribution in [0.5, 0.6) is 0 Å². The number of fused-ring (bicyclic) bond motifs is 1. The van der Waals surface area contributed by atoms with Gasteiger partial charge < -0.3 is 9.80 Å². The number of aromatic nitrogens is 2. The zero-order chi connectivity index (χ0) is 18.9. The zero-order valence-electron chi connectivity index (χ0n) is 17.0. The molecular weight excluding hydrogens is 350 g/mol. The molecule has 1 aromatic heterocycles. The van der Waals surface area contributed by atoms with Gasteiger partial charge in [0.25, 0.3) is 0 Å². The van der Waals surface area contributed by atoms with E-state index in [0.29, 0.717) is 18.4 Å². The lowest BCUT2D eigenvalue weighted by molar-refractivity contribution is -0.133. The summed E-state index contributed by atoms with van der Waals surface area (Å²) in [4.78, 5) is 29.1. The van der Waals surface area contributed by atoms with Gasteiger partial charge in [-0.2, -0.15) is 0 Å². The first-order valence-electron chi connectivity index (χ1n) is 11.4. The fourth-order valence-electron chi connectivity index (χ4n) is 5.46. The number of nitrogens with zero attached hydrogens (tertiary/aromatic N) is 5. The maximum atomic E-state index is 12.8. The van der Waals surface area contributed by atoms with Gasteiger partial charge in [-0.3, -0.25) is 9.69 Å². The van der Waals surface area contributed by atoms with Gasteiger partial charge in [-0.25, -0.2) is 9.97 Å². The summed E-state index contributed by atoms with van der Waals surface area (Å²) in [6.45, 7) is 5.90. The Morgan fingerprint density at radius 3 is 2.46 bits per heavy atom. The molecule has 0 spiro atoms. The molecule has 0 atom stereocenters. The van der Waals surface area contributed by atoms with E-state index in [-0.39, 0.29) is 0 Å². The maximum Gasteiger partial charge on any atom is 0.223 e. The van der Waals surface area contributed by atoms with E-state index in [9.17, 15) is 4.79 Å². The Labute approximate surface area is 168 Å². The van der Waals surface area contributed by atoms with Crippen molar-refractivity contribution in [2.45, 2.75) is 70.4 Å². The normalized spacial score (nSPS) is 24.3. The van der Waals surface area contributed by atoms with Gasteiger partial charge >= 0.3 is 0 Å². The smallest absolute Gasteiger partial charge is 0.223 e. The number of anilines is 1.